The zero-order chi connectivity index (χ0) is 23.4. The molecule has 0 aromatic carbocycles. The van der Waals surface area contributed by atoms with Crippen LogP contribution < -0.4 is 0 Å². The summed E-state index contributed by atoms with van der Waals surface area (Å²) in [5.74, 6) is -3.03. The summed E-state index contributed by atoms with van der Waals surface area (Å²) in [6, 6.07) is 0. The highest BCUT2D eigenvalue weighted by atomic mass is 31.2. The molecule has 1 saturated heterocycles. The molecule has 0 bridgehead atoms. The van der Waals surface area contributed by atoms with Crippen LogP contribution in [0.1, 0.15) is 12.8 Å². The number of hydrogen-bond donors (Lipinski definition) is 5. The molecule has 5 N–H and O–H groups in total. The molecule has 14 heteroatoms. The summed E-state index contributed by atoms with van der Waals surface area (Å²) in [7, 11) is -4.31. The van der Waals surface area contributed by atoms with Crippen LogP contribution in [0, 0.1) is 0 Å². The summed E-state index contributed by atoms with van der Waals surface area (Å²) in [5.41, 5.74) is 0. The van der Waals surface area contributed by atoms with E-state index in [1.165, 1.54) is 0 Å². The van der Waals surface area contributed by atoms with Crippen LogP contribution in [-0.4, -0.2) is 141 Å². The maximum Gasteiger partial charge on any atom is 0.339 e. The van der Waals surface area contributed by atoms with E-state index in [0.29, 0.717) is 52.1 Å². The van der Waals surface area contributed by atoms with Crippen molar-refractivity contribution in [2.24, 2.45) is 0 Å². The quantitative estimate of drug-likeness (QED) is 0.256. The second-order valence-electron chi connectivity index (χ2n) is 7.64. The minimum Gasteiger partial charge on any atom is -0.480 e. The third kappa shape index (κ3) is 14.2. The Bertz CT molecular complexity index is 645. The van der Waals surface area contributed by atoms with Gasteiger partial charge in [-0.15, -0.1) is 0 Å². The van der Waals surface area contributed by atoms with Gasteiger partial charge in [0.25, 0.3) is 0 Å². The Morgan fingerprint density at radius 2 is 0.871 bits per heavy atom. The molecule has 1 aliphatic rings. The SMILES string of the molecule is O=C(O)CN1CCCN(CC(=O)O)CCN(CP(=O)(O)O)CCCN(CC(=O)O)CC1. The third-order valence-electron chi connectivity index (χ3n) is 4.82. The van der Waals surface area contributed by atoms with E-state index in [0.717, 1.165) is 0 Å². The standard InChI is InChI=1S/C17H33N4O9P/c22-15(23)11-18-3-1-4-20(13-17(26)27)9-10-21(14-31(28,29)30)6-2-5-19(8-7-18)12-16(24)25/h1-14H2,(H,22,23)(H,24,25)(H,26,27)(H2,28,29,30). The van der Waals surface area contributed by atoms with E-state index in [-0.39, 0.29) is 32.7 Å². The van der Waals surface area contributed by atoms with Gasteiger partial charge < -0.3 is 25.1 Å². The van der Waals surface area contributed by atoms with Crippen molar-refractivity contribution in [3.8, 4) is 0 Å². The lowest BCUT2D eigenvalue weighted by molar-refractivity contribution is -0.140. The molecule has 0 aromatic heterocycles. The number of rotatable bonds is 8. The van der Waals surface area contributed by atoms with Crippen molar-refractivity contribution in [2.45, 2.75) is 12.8 Å². The van der Waals surface area contributed by atoms with Crippen molar-refractivity contribution in [1.82, 2.24) is 19.6 Å². The predicted molar refractivity (Wildman–Crippen MR) is 110 cm³/mol. The van der Waals surface area contributed by atoms with Crippen LogP contribution in [0.15, 0.2) is 0 Å². The van der Waals surface area contributed by atoms with Crippen molar-refractivity contribution in [2.75, 3.05) is 78.3 Å². The zero-order valence-electron chi connectivity index (χ0n) is 17.5. The molecule has 0 spiro atoms. The fourth-order valence-corrected chi connectivity index (χ4v) is 4.30. The van der Waals surface area contributed by atoms with E-state index in [2.05, 4.69) is 0 Å². The number of nitrogens with zero attached hydrogens (tertiary/aromatic N) is 4. The summed E-state index contributed by atoms with van der Waals surface area (Å²) in [5, 5.41) is 27.4. The Balaban J connectivity index is 2.92. The van der Waals surface area contributed by atoms with Gasteiger partial charge in [0, 0.05) is 52.4 Å². The van der Waals surface area contributed by atoms with Gasteiger partial charge in [-0.05, 0) is 12.8 Å². The van der Waals surface area contributed by atoms with E-state index in [4.69, 9.17) is 15.3 Å². The Morgan fingerprint density at radius 3 is 1.16 bits per heavy atom. The largest absolute Gasteiger partial charge is 0.480 e. The second kappa shape index (κ2) is 13.7. The zero-order valence-corrected chi connectivity index (χ0v) is 18.4. The summed E-state index contributed by atoms with van der Waals surface area (Å²) in [6.45, 7) is 2.00. The van der Waals surface area contributed by atoms with E-state index in [1.54, 1.807) is 19.6 Å². The smallest absolute Gasteiger partial charge is 0.339 e. The highest BCUT2D eigenvalue weighted by molar-refractivity contribution is 7.51. The van der Waals surface area contributed by atoms with Gasteiger partial charge in [0.2, 0.25) is 0 Å². The lowest BCUT2D eigenvalue weighted by Crippen LogP contribution is -2.44. The molecule has 13 nitrogen and oxygen atoms in total. The summed E-state index contributed by atoms with van der Waals surface area (Å²) < 4.78 is 11.5. The van der Waals surface area contributed by atoms with Crippen molar-refractivity contribution >= 4 is 25.5 Å². The Hall–Kier alpha value is -1.60. The van der Waals surface area contributed by atoms with Gasteiger partial charge in [-0.3, -0.25) is 38.5 Å². The van der Waals surface area contributed by atoms with Crippen LogP contribution in [0.2, 0.25) is 0 Å². The molecule has 1 fully saturated rings. The maximum atomic E-state index is 11.5. The molecule has 1 heterocycles. The van der Waals surface area contributed by atoms with Crippen LogP contribution in [0.4, 0.5) is 0 Å². The number of carboxylic acid groups (broad SMARTS) is 3. The van der Waals surface area contributed by atoms with Gasteiger partial charge in [0.1, 0.15) is 6.29 Å². The van der Waals surface area contributed by atoms with Crippen molar-refractivity contribution < 1.29 is 44.1 Å². The average Bonchev–Trinajstić information content (AvgIpc) is 2.60. The molecule has 0 radical (unpaired) electrons. The normalized spacial score (nSPS) is 20.2. The Kier molecular flexibility index (Phi) is 12.2. The number of carbonyl (C=O) groups is 3. The fraction of sp³-hybridized carbons (Fsp3) is 0.824. The molecule has 0 aliphatic carbocycles. The molecular formula is C17H33N4O9P. The van der Waals surface area contributed by atoms with E-state index < -0.39 is 31.8 Å². The topological polar surface area (TPSA) is 182 Å². The van der Waals surface area contributed by atoms with Crippen LogP contribution in [0.25, 0.3) is 0 Å². The fourth-order valence-electron chi connectivity index (χ4n) is 3.50. The van der Waals surface area contributed by atoms with Gasteiger partial charge in [0.15, 0.2) is 0 Å². The van der Waals surface area contributed by atoms with E-state index >= 15 is 0 Å². The van der Waals surface area contributed by atoms with Gasteiger partial charge in [-0.2, -0.15) is 0 Å². The van der Waals surface area contributed by atoms with E-state index in [9.17, 15) is 28.7 Å². The summed E-state index contributed by atoms with van der Waals surface area (Å²) >= 11 is 0. The Morgan fingerprint density at radius 1 is 0.581 bits per heavy atom. The summed E-state index contributed by atoms with van der Waals surface area (Å²) in [6.07, 6.45) is 0.488. The minimum absolute atomic E-state index is 0.199. The van der Waals surface area contributed by atoms with Crippen molar-refractivity contribution in [3.63, 3.8) is 0 Å². The van der Waals surface area contributed by atoms with Crippen molar-refractivity contribution in [1.29, 1.82) is 0 Å². The predicted octanol–water partition coefficient (Wildman–Crippen LogP) is -1.62. The second-order valence-corrected chi connectivity index (χ2v) is 9.25. The molecular weight excluding hydrogens is 435 g/mol. The van der Waals surface area contributed by atoms with Crippen LogP contribution in [0.3, 0.4) is 0 Å². The third-order valence-corrected chi connectivity index (χ3v) is 5.59. The van der Waals surface area contributed by atoms with Crippen LogP contribution >= 0.6 is 7.60 Å². The maximum absolute atomic E-state index is 11.5. The molecule has 180 valence electrons. The molecule has 0 saturated carbocycles. The highest BCUT2D eigenvalue weighted by Gasteiger charge is 2.22. The first kappa shape index (κ1) is 27.4. The first-order valence-corrected chi connectivity index (χ1v) is 11.8. The molecule has 0 unspecified atom stereocenters. The van der Waals surface area contributed by atoms with Gasteiger partial charge in [-0.25, -0.2) is 0 Å². The summed E-state index contributed by atoms with van der Waals surface area (Å²) in [4.78, 5) is 58.8. The highest BCUT2D eigenvalue weighted by Crippen LogP contribution is 2.35. The lowest BCUT2D eigenvalue weighted by atomic mass is 10.3. The first-order chi connectivity index (χ1) is 14.4. The number of hydrogen-bond acceptors (Lipinski definition) is 8. The molecule has 1 rings (SSSR count). The van der Waals surface area contributed by atoms with Crippen molar-refractivity contribution in [3.05, 3.63) is 0 Å². The first-order valence-electron chi connectivity index (χ1n) is 10.0. The molecule has 0 atom stereocenters. The van der Waals surface area contributed by atoms with Crippen LogP contribution in [-0.2, 0) is 18.9 Å². The minimum atomic E-state index is -4.31. The van der Waals surface area contributed by atoms with Gasteiger partial charge >= 0.3 is 25.5 Å². The lowest BCUT2D eigenvalue weighted by Gasteiger charge is -2.30. The monoisotopic (exact) mass is 468 g/mol. The van der Waals surface area contributed by atoms with E-state index in [1.807, 2.05) is 0 Å². The molecule has 31 heavy (non-hydrogen) atoms. The van der Waals surface area contributed by atoms with Gasteiger partial charge in [-0.1, -0.05) is 0 Å². The molecule has 0 aromatic rings. The molecule has 1 aliphatic heterocycles. The van der Waals surface area contributed by atoms with Gasteiger partial charge in [0.05, 0.1) is 19.6 Å². The Labute approximate surface area is 181 Å². The molecule has 0 amide bonds. The van der Waals surface area contributed by atoms with Crippen LogP contribution in [0.5, 0.6) is 0 Å². The number of aliphatic carboxylic acids is 3. The number of carboxylic acids is 3. The average molecular weight is 468 g/mol.